The van der Waals surface area contributed by atoms with Gasteiger partial charge in [-0.3, -0.25) is 0 Å². The molecule has 1 N–H and O–H groups in total. The fourth-order valence-electron chi connectivity index (χ4n) is 2.57. The molecule has 0 unspecified atom stereocenters. The van der Waals surface area contributed by atoms with Crippen LogP contribution in [0, 0.1) is 0 Å². The van der Waals surface area contributed by atoms with Gasteiger partial charge in [-0.05, 0) is 6.07 Å². The number of ether oxygens (including phenoxy) is 2. The predicted molar refractivity (Wildman–Crippen MR) is 73.9 cm³/mol. The third kappa shape index (κ3) is 2.71. The average Bonchev–Trinajstić information content (AvgIpc) is 3.09. The Kier molecular flexibility index (Phi) is 3.78. The van der Waals surface area contributed by atoms with E-state index in [9.17, 15) is 13.2 Å². The highest BCUT2D eigenvalue weighted by molar-refractivity contribution is 7.89. The molecule has 9 heteroatoms. The second kappa shape index (κ2) is 5.33. The zero-order valence-corrected chi connectivity index (χ0v) is 12.8. The summed E-state index contributed by atoms with van der Waals surface area (Å²) >= 11 is 0.913. The van der Waals surface area contributed by atoms with Gasteiger partial charge in [0.2, 0.25) is 10.0 Å². The number of hydrogen-bond acceptors (Lipinski definition) is 6. The second-order valence-electron chi connectivity index (χ2n) is 4.96. The zero-order valence-electron chi connectivity index (χ0n) is 11.1. The van der Waals surface area contributed by atoms with Crippen molar-refractivity contribution in [3.05, 3.63) is 16.3 Å². The molecule has 0 saturated carbocycles. The SMILES string of the molecule is O=C(O)c1cc(S(=O)(=O)N2CCC3(CC2)OCCO3)cs1. The number of piperidine rings is 1. The minimum atomic E-state index is -3.65. The lowest BCUT2D eigenvalue weighted by Crippen LogP contribution is -2.47. The standard InChI is InChI=1S/C12H15NO6S2/c14-11(15)10-7-9(8-20-10)21(16,17)13-3-1-12(2-4-13)18-5-6-19-12/h7-8H,1-6H2,(H,14,15). The van der Waals surface area contributed by atoms with E-state index in [1.54, 1.807) is 0 Å². The number of sulfonamides is 1. The lowest BCUT2D eigenvalue weighted by molar-refractivity contribution is -0.179. The predicted octanol–water partition coefficient (Wildman–Crippen LogP) is 0.974. The average molecular weight is 333 g/mol. The molecule has 0 aliphatic carbocycles. The summed E-state index contributed by atoms with van der Waals surface area (Å²) in [5, 5.41) is 10.2. The molecule has 2 fully saturated rings. The van der Waals surface area contributed by atoms with E-state index in [-0.39, 0.29) is 9.77 Å². The number of carboxylic acids is 1. The summed E-state index contributed by atoms with van der Waals surface area (Å²) in [5.41, 5.74) is 0. The van der Waals surface area contributed by atoms with E-state index >= 15 is 0 Å². The van der Waals surface area contributed by atoms with Crippen LogP contribution < -0.4 is 0 Å². The highest BCUT2D eigenvalue weighted by Gasteiger charge is 2.42. The van der Waals surface area contributed by atoms with Gasteiger partial charge in [0.05, 0.1) is 18.1 Å². The van der Waals surface area contributed by atoms with Crippen LogP contribution in [0.4, 0.5) is 0 Å². The van der Waals surface area contributed by atoms with Gasteiger partial charge in [-0.15, -0.1) is 11.3 Å². The van der Waals surface area contributed by atoms with Crippen molar-refractivity contribution in [3.8, 4) is 0 Å². The molecule has 2 aliphatic heterocycles. The number of aromatic carboxylic acids is 1. The molecule has 1 aromatic heterocycles. The van der Waals surface area contributed by atoms with Crippen molar-refractivity contribution in [3.63, 3.8) is 0 Å². The van der Waals surface area contributed by atoms with Crippen LogP contribution in [0.3, 0.4) is 0 Å². The van der Waals surface area contributed by atoms with Gasteiger partial charge in [0.25, 0.3) is 0 Å². The number of carbonyl (C=O) groups is 1. The molecule has 21 heavy (non-hydrogen) atoms. The van der Waals surface area contributed by atoms with E-state index in [4.69, 9.17) is 14.6 Å². The first-order valence-electron chi connectivity index (χ1n) is 6.53. The van der Waals surface area contributed by atoms with Crippen molar-refractivity contribution in [1.29, 1.82) is 0 Å². The summed E-state index contributed by atoms with van der Waals surface area (Å²) < 4.78 is 37.5. The molecule has 7 nitrogen and oxygen atoms in total. The molecule has 0 radical (unpaired) electrons. The van der Waals surface area contributed by atoms with Gasteiger partial charge in [0.15, 0.2) is 5.79 Å². The smallest absolute Gasteiger partial charge is 0.345 e. The van der Waals surface area contributed by atoms with Gasteiger partial charge < -0.3 is 14.6 Å². The highest BCUT2D eigenvalue weighted by Crippen LogP contribution is 2.34. The fourth-order valence-corrected chi connectivity index (χ4v) is 5.11. The molecule has 116 valence electrons. The Morgan fingerprint density at radius 3 is 2.43 bits per heavy atom. The first-order valence-corrected chi connectivity index (χ1v) is 8.85. The van der Waals surface area contributed by atoms with Crippen molar-refractivity contribution in [2.24, 2.45) is 0 Å². The quantitative estimate of drug-likeness (QED) is 0.886. The molecule has 0 atom stereocenters. The van der Waals surface area contributed by atoms with Crippen LogP contribution in [0.15, 0.2) is 16.3 Å². The molecule has 2 saturated heterocycles. The van der Waals surface area contributed by atoms with Crippen molar-refractivity contribution in [1.82, 2.24) is 4.31 Å². The summed E-state index contributed by atoms with van der Waals surface area (Å²) in [6.45, 7) is 1.69. The normalized spacial score (nSPS) is 22.7. The van der Waals surface area contributed by atoms with Gasteiger partial charge in [0.1, 0.15) is 4.88 Å². The monoisotopic (exact) mass is 333 g/mol. The summed E-state index contributed by atoms with van der Waals surface area (Å²) in [5.74, 6) is -1.75. The van der Waals surface area contributed by atoms with Crippen LogP contribution in [-0.4, -0.2) is 55.9 Å². The van der Waals surface area contributed by atoms with Crippen molar-refractivity contribution in [2.75, 3.05) is 26.3 Å². The molecule has 3 heterocycles. The van der Waals surface area contributed by atoms with E-state index in [0.29, 0.717) is 39.1 Å². The first kappa shape index (κ1) is 14.9. The second-order valence-corrected chi connectivity index (χ2v) is 7.81. The molecule has 2 aliphatic rings. The minimum absolute atomic E-state index is 0.0181. The van der Waals surface area contributed by atoms with Gasteiger partial charge in [0, 0.05) is 31.3 Å². The van der Waals surface area contributed by atoms with E-state index in [0.717, 1.165) is 11.3 Å². The Balaban J connectivity index is 1.75. The third-order valence-corrected chi connectivity index (χ3v) is 6.67. The molecule has 1 spiro atoms. The summed E-state index contributed by atoms with van der Waals surface area (Å²) in [4.78, 5) is 10.9. The molecular formula is C12H15NO6S2. The van der Waals surface area contributed by atoms with E-state index in [1.807, 2.05) is 0 Å². The minimum Gasteiger partial charge on any atom is -0.477 e. The number of rotatable bonds is 3. The largest absolute Gasteiger partial charge is 0.477 e. The third-order valence-electron chi connectivity index (χ3n) is 3.72. The summed E-state index contributed by atoms with van der Waals surface area (Å²) in [6, 6.07) is 1.20. The lowest BCUT2D eigenvalue weighted by atomic mass is 10.1. The Labute approximate surface area is 126 Å². The van der Waals surface area contributed by atoms with Crippen LogP contribution in [0.2, 0.25) is 0 Å². The van der Waals surface area contributed by atoms with Crippen LogP contribution >= 0.6 is 11.3 Å². The van der Waals surface area contributed by atoms with Crippen LogP contribution in [0.1, 0.15) is 22.5 Å². The maximum absolute atomic E-state index is 12.5. The van der Waals surface area contributed by atoms with Crippen molar-refractivity contribution < 1.29 is 27.8 Å². The Morgan fingerprint density at radius 2 is 1.90 bits per heavy atom. The maximum atomic E-state index is 12.5. The molecule has 3 rings (SSSR count). The number of thiophene rings is 1. The van der Waals surface area contributed by atoms with Crippen LogP contribution in [0.25, 0.3) is 0 Å². The number of hydrogen-bond donors (Lipinski definition) is 1. The van der Waals surface area contributed by atoms with Crippen LogP contribution in [-0.2, 0) is 19.5 Å². The van der Waals surface area contributed by atoms with Gasteiger partial charge in [-0.1, -0.05) is 0 Å². The maximum Gasteiger partial charge on any atom is 0.345 e. The topological polar surface area (TPSA) is 93.1 Å². The van der Waals surface area contributed by atoms with E-state index in [1.165, 1.54) is 15.8 Å². The van der Waals surface area contributed by atoms with E-state index in [2.05, 4.69) is 0 Å². The lowest BCUT2D eigenvalue weighted by Gasteiger charge is -2.36. The zero-order chi connectivity index (χ0) is 15.1. The molecule has 1 aromatic rings. The van der Waals surface area contributed by atoms with Gasteiger partial charge in [-0.25, -0.2) is 13.2 Å². The van der Waals surface area contributed by atoms with E-state index < -0.39 is 21.8 Å². The van der Waals surface area contributed by atoms with Crippen molar-refractivity contribution in [2.45, 2.75) is 23.5 Å². The fraction of sp³-hybridized carbons (Fsp3) is 0.583. The van der Waals surface area contributed by atoms with Gasteiger partial charge in [-0.2, -0.15) is 4.31 Å². The number of carboxylic acid groups (broad SMARTS) is 1. The molecule has 0 amide bonds. The Hall–Kier alpha value is -1.00. The molecule has 0 bridgehead atoms. The first-order chi connectivity index (χ1) is 9.93. The summed E-state index contributed by atoms with van der Waals surface area (Å²) in [6.07, 6.45) is 0.976. The summed E-state index contributed by atoms with van der Waals surface area (Å²) in [7, 11) is -3.65. The van der Waals surface area contributed by atoms with Crippen molar-refractivity contribution >= 4 is 27.3 Å². The Bertz CT molecular complexity index is 636. The molecular weight excluding hydrogens is 318 g/mol. The number of nitrogens with zero attached hydrogens (tertiary/aromatic N) is 1. The Morgan fingerprint density at radius 1 is 1.29 bits per heavy atom. The molecule has 0 aromatic carbocycles. The van der Waals surface area contributed by atoms with Gasteiger partial charge >= 0.3 is 5.97 Å². The highest BCUT2D eigenvalue weighted by atomic mass is 32.2. The van der Waals surface area contributed by atoms with Crippen LogP contribution in [0.5, 0.6) is 0 Å².